The molecule has 4 heteroatoms. The topological polar surface area (TPSA) is 41.6 Å². The molecule has 1 N–H and O–H groups in total. The molecule has 0 radical (unpaired) electrons. The molecule has 0 saturated heterocycles. The third-order valence-corrected chi connectivity index (χ3v) is 3.70. The molecule has 0 amide bonds. The zero-order valence-electron chi connectivity index (χ0n) is 10.5. The summed E-state index contributed by atoms with van der Waals surface area (Å²) >= 11 is 5.36. The minimum absolute atomic E-state index is 0.573. The van der Waals surface area contributed by atoms with E-state index in [2.05, 4.69) is 21.0 Å². The first kappa shape index (κ1) is 11.5. The minimum atomic E-state index is 0.573. The maximum absolute atomic E-state index is 5.36. The first-order valence-electron chi connectivity index (χ1n) is 6.18. The van der Waals surface area contributed by atoms with E-state index in [-0.39, 0.29) is 0 Å². The van der Waals surface area contributed by atoms with Gasteiger partial charge in [-0.3, -0.25) is 4.98 Å². The number of hydrogen-bond donors (Lipinski definition) is 1. The van der Waals surface area contributed by atoms with Gasteiger partial charge in [0.25, 0.3) is 0 Å². The highest BCUT2D eigenvalue weighted by molar-refractivity contribution is 7.71. The molecule has 2 heterocycles. The van der Waals surface area contributed by atoms with E-state index in [0.717, 1.165) is 28.2 Å². The Morgan fingerprint density at radius 1 is 1.28 bits per heavy atom. The second-order valence-electron chi connectivity index (χ2n) is 4.95. The molecule has 2 aromatic rings. The highest BCUT2D eigenvalue weighted by atomic mass is 32.1. The van der Waals surface area contributed by atoms with Crippen molar-refractivity contribution in [2.45, 2.75) is 32.6 Å². The largest absolute Gasteiger partial charge is 0.343 e. The quantitative estimate of drug-likeness (QED) is 0.834. The Labute approximate surface area is 111 Å². The second kappa shape index (κ2) is 4.28. The first-order valence-corrected chi connectivity index (χ1v) is 6.59. The molecular formula is C14H15N3S. The van der Waals surface area contributed by atoms with E-state index in [1.54, 1.807) is 0 Å². The Balaban J connectivity index is 2.18. The van der Waals surface area contributed by atoms with Crippen LogP contribution in [0.5, 0.6) is 0 Å². The maximum Gasteiger partial charge on any atom is 0.133 e. The summed E-state index contributed by atoms with van der Waals surface area (Å²) in [6.07, 6.45) is 6.16. The number of hydrogen-bond acceptors (Lipinski definition) is 3. The highest BCUT2D eigenvalue weighted by Crippen LogP contribution is 2.39. The summed E-state index contributed by atoms with van der Waals surface area (Å²) in [6.45, 7) is 4.06. The summed E-state index contributed by atoms with van der Waals surface area (Å²) in [5.41, 5.74) is 4.33. The molecule has 3 rings (SSSR count). The van der Waals surface area contributed by atoms with Gasteiger partial charge in [-0.2, -0.15) is 0 Å². The predicted molar refractivity (Wildman–Crippen MR) is 74.1 cm³/mol. The van der Waals surface area contributed by atoms with E-state index in [9.17, 15) is 0 Å². The van der Waals surface area contributed by atoms with Gasteiger partial charge in [-0.05, 0) is 38.3 Å². The molecule has 0 atom stereocenters. The summed E-state index contributed by atoms with van der Waals surface area (Å²) in [6, 6.07) is 2.12. The molecule has 0 bridgehead atoms. The molecule has 0 aliphatic heterocycles. The van der Waals surface area contributed by atoms with Crippen LogP contribution >= 0.6 is 12.2 Å². The third kappa shape index (κ3) is 2.08. The van der Waals surface area contributed by atoms with Crippen molar-refractivity contribution in [1.82, 2.24) is 15.0 Å². The van der Waals surface area contributed by atoms with Gasteiger partial charge >= 0.3 is 0 Å². The van der Waals surface area contributed by atoms with Crippen molar-refractivity contribution in [3.05, 3.63) is 40.1 Å². The van der Waals surface area contributed by atoms with Crippen molar-refractivity contribution in [2.24, 2.45) is 0 Å². The van der Waals surface area contributed by atoms with Crippen molar-refractivity contribution in [2.75, 3.05) is 0 Å². The Kier molecular flexibility index (Phi) is 2.74. The lowest BCUT2D eigenvalue weighted by molar-refractivity contribution is 0.913. The molecule has 1 aliphatic carbocycles. The fraction of sp³-hybridized carbons (Fsp3) is 0.357. The first-order chi connectivity index (χ1) is 8.65. The smallest absolute Gasteiger partial charge is 0.133 e. The third-order valence-electron chi connectivity index (χ3n) is 3.30. The van der Waals surface area contributed by atoms with Crippen LogP contribution in [-0.4, -0.2) is 15.0 Å². The minimum Gasteiger partial charge on any atom is -0.343 e. The van der Waals surface area contributed by atoms with Gasteiger partial charge in [0, 0.05) is 29.4 Å². The Morgan fingerprint density at radius 3 is 2.72 bits per heavy atom. The summed E-state index contributed by atoms with van der Waals surface area (Å²) in [5.74, 6) is 1.60. The summed E-state index contributed by atoms with van der Waals surface area (Å²) in [5, 5.41) is 0. The van der Waals surface area contributed by atoms with Gasteiger partial charge in [0.15, 0.2) is 0 Å². The van der Waals surface area contributed by atoms with Crippen LogP contribution < -0.4 is 0 Å². The van der Waals surface area contributed by atoms with Gasteiger partial charge in [-0.25, -0.2) is 4.98 Å². The van der Waals surface area contributed by atoms with E-state index in [1.165, 1.54) is 12.8 Å². The van der Waals surface area contributed by atoms with Crippen LogP contribution in [0.25, 0.3) is 11.3 Å². The van der Waals surface area contributed by atoms with E-state index in [1.807, 2.05) is 26.2 Å². The number of aromatic amines is 1. The lowest BCUT2D eigenvalue weighted by Gasteiger charge is -2.09. The molecule has 1 fully saturated rings. The molecule has 1 aliphatic rings. The van der Waals surface area contributed by atoms with Crippen LogP contribution in [0.1, 0.15) is 35.7 Å². The van der Waals surface area contributed by atoms with Crippen LogP contribution in [0.15, 0.2) is 18.5 Å². The zero-order valence-corrected chi connectivity index (χ0v) is 11.3. The molecule has 0 aromatic carbocycles. The second-order valence-corrected chi connectivity index (χ2v) is 5.34. The van der Waals surface area contributed by atoms with Gasteiger partial charge < -0.3 is 4.98 Å². The monoisotopic (exact) mass is 257 g/mol. The van der Waals surface area contributed by atoms with E-state index in [4.69, 9.17) is 12.2 Å². The van der Waals surface area contributed by atoms with Crippen LogP contribution in [0.2, 0.25) is 0 Å². The van der Waals surface area contributed by atoms with Crippen molar-refractivity contribution in [3.8, 4) is 11.3 Å². The number of rotatable bonds is 2. The van der Waals surface area contributed by atoms with Crippen molar-refractivity contribution in [1.29, 1.82) is 0 Å². The van der Waals surface area contributed by atoms with E-state index >= 15 is 0 Å². The lowest BCUT2D eigenvalue weighted by Crippen LogP contribution is -1.99. The molecule has 0 unspecified atom stereocenters. The lowest BCUT2D eigenvalue weighted by atomic mass is 10.1. The van der Waals surface area contributed by atoms with Crippen molar-refractivity contribution in [3.63, 3.8) is 0 Å². The molecule has 1 saturated carbocycles. The number of aromatic nitrogens is 3. The van der Waals surface area contributed by atoms with Crippen LogP contribution in [0.3, 0.4) is 0 Å². The fourth-order valence-electron chi connectivity index (χ4n) is 2.08. The van der Waals surface area contributed by atoms with Gasteiger partial charge in [-0.15, -0.1) is 0 Å². The van der Waals surface area contributed by atoms with Gasteiger partial charge in [0.05, 0.1) is 5.69 Å². The maximum atomic E-state index is 5.36. The normalized spacial score (nSPS) is 14.8. The average Bonchev–Trinajstić information content (AvgIpc) is 3.16. The predicted octanol–water partition coefficient (Wildman–Crippen LogP) is 3.70. The Hall–Kier alpha value is -1.55. The van der Waals surface area contributed by atoms with Gasteiger partial charge in [-0.1, -0.05) is 12.2 Å². The highest BCUT2D eigenvalue weighted by Gasteiger charge is 2.26. The van der Waals surface area contributed by atoms with Crippen LogP contribution in [-0.2, 0) is 0 Å². The number of nitrogens with one attached hydrogen (secondary N) is 1. The SMILES string of the molecule is Cc1cncc(-c2[nH]c(C3CC3)nc(=S)c2C)c1. The molecule has 2 aromatic heterocycles. The van der Waals surface area contributed by atoms with Crippen molar-refractivity contribution >= 4 is 12.2 Å². The standard InChI is InChI=1S/C14H15N3S/c1-8-5-11(7-15-6-8)12-9(2)14(18)17-13(16-12)10-3-4-10/h5-7,10H,3-4H2,1-2H3,(H,16,17,18). The number of H-pyrrole nitrogens is 1. The van der Waals surface area contributed by atoms with Crippen molar-refractivity contribution < 1.29 is 0 Å². The van der Waals surface area contributed by atoms with Crippen LogP contribution in [0, 0.1) is 18.5 Å². The Bertz CT molecular complexity index is 656. The molecule has 18 heavy (non-hydrogen) atoms. The van der Waals surface area contributed by atoms with Gasteiger partial charge in [0.1, 0.15) is 10.5 Å². The number of pyridine rings is 1. The Morgan fingerprint density at radius 2 is 2.06 bits per heavy atom. The zero-order chi connectivity index (χ0) is 12.7. The average molecular weight is 257 g/mol. The molecule has 0 spiro atoms. The van der Waals surface area contributed by atoms with Gasteiger partial charge in [0.2, 0.25) is 0 Å². The van der Waals surface area contributed by atoms with E-state index in [0.29, 0.717) is 10.6 Å². The molecular weight excluding hydrogens is 242 g/mol. The summed E-state index contributed by atoms with van der Waals surface area (Å²) < 4.78 is 0.701. The fourth-order valence-corrected chi connectivity index (χ4v) is 2.28. The van der Waals surface area contributed by atoms with E-state index < -0.39 is 0 Å². The number of aryl methyl sites for hydroxylation is 1. The summed E-state index contributed by atoms with van der Waals surface area (Å²) in [4.78, 5) is 12.2. The number of nitrogens with zero attached hydrogens (tertiary/aromatic N) is 2. The summed E-state index contributed by atoms with van der Waals surface area (Å²) in [7, 11) is 0. The molecule has 3 nitrogen and oxygen atoms in total. The molecule has 92 valence electrons. The van der Waals surface area contributed by atoms with Crippen LogP contribution in [0.4, 0.5) is 0 Å².